The van der Waals surface area contributed by atoms with E-state index in [1.165, 1.54) is 57.8 Å². The molecule has 112 valence electrons. The molecule has 1 N–H and O–H groups in total. The average Bonchev–Trinajstić information content (AvgIpc) is 3.27. The Labute approximate surface area is 119 Å². The number of rotatable bonds is 9. The SMILES string of the molecule is CCCNC(CC1CCCCC1)C(OCC)C1CC1. The molecule has 0 saturated heterocycles. The first-order valence-electron chi connectivity index (χ1n) is 8.70. The van der Waals surface area contributed by atoms with Gasteiger partial charge in [-0.2, -0.15) is 0 Å². The van der Waals surface area contributed by atoms with Crippen molar-refractivity contribution in [3.8, 4) is 0 Å². The molecule has 0 heterocycles. The Bertz CT molecular complexity index is 233. The lowest BCUT2D eigenvalue weighted by atomic mass is 9.83. The van der Waals surface area contributed by atoms with Gasteiger partial charge in [-0.05, 0) is 51.0 Å². The van der Waals surface area contributed by atoms with Gasteiger partial charge in [-0.25, -0.2) is 0 Å². The minimum Gasteiger partial charge on any atom is -0.377 e. The van der Waals surface area contributed by atoms with Crippen LogP contribution in [0.2, 0.25) is 0 Å². The molecule has 0 bridgehead atoms. The van der Waals surface area contributed by atoms with Gasteiger partial charge in [-0.3, -0.25) is 0 Å². The molecule has 2 atom stereocenters. The van der Waals surface area contributed by atoms with Crippen molar-refractivity contribution >= 4 is 0 Å². The van der Waals surface area contributed by atoms with Crippen LogP contribution >= 0.6 is 0 Å². The summed E-state index contributed by atoms with van der Waals surface area (Å²) in [6.07, 6.45) is 13.1. The topological polar surface area (TPSA) is 21.3 Å². The van der Waals surface area contributed by atoms with Crippen molar-refractivity contribution in [2.75, 3.05) is 13.2 Å². The largest absolute Gasteiger partial charge is 0.377 e. The fourth-order valence-corrected chi connectivity index (χ4v) is 3.64. The summed E-state index contributed by atoms with van der Waals surface area (Å²) in [5.74, 6) is 1.79. The third-order valence-corrected chi connectivity index (χ3v) is 4.81. The Morgan fingerprint density at radius 3 is 2.37 bits per heavy atom. The van der Waals surface area contributed by atoms with Crippen molar-refractivity contribution in [2.24, 2.45) is 11.8 Å². The van der Waals surface area contributed by atoms with E-state index in [1.54, 1.807) is 0 Å². The quantitative estimate of drug-likeness (QED) is 0.678. The predicted octanol–water partition coefficient (Wildman–Crippen LogP) is 4.14. The summed E-state index contributed by atoms with van der Waals surface area (Å²) < 4.78 is 6.10. The van der Waals surface area contributed by atoms with Gasteiger partial charge < -0.3 is 10.1 Å². The molecule has 2 fully saturated rings. The fourth-order valence-electron chi connectivity index (χ4n) is 3.64. The van der Waals surface area contributed by atoms with Crippen LogP contribution in [0, 0.1) is 11.8 Å². The molecular weight excluding hydrogens is 234 g/mol. The smallest absolute Gasteiger partial charge is 0.0756 e. The van der Waals surface area contributed by atoms with Gasteiger partial charge >= 0.3 is 0 Å². The zero-order chi connectivity index (χ0) is 13.5. The molecule has 2 nitrogen and oxygen atoms in total. The first-order valence-corrected chi connectivity index (χ1v) is 8.70. The van der Waals surface area contributed by atoms with E-state index in [0.717, 1.165) is 25.0 Å². The van der Waals surface area contributed by atoms with Gasteiger partial charge in [-0.1, -0.05) is 39.0 Å². The molecule has 2 rings (SSSR count). The van der Waals surface area contributed by atoms with Crippen LogP contribution in [0.25, 0.3) is 0 Å². The predicted molar refractivity (Wildman–Crippen MR) is 81.4 cm³/mol. The number of hydrogen-bond acceptors (Lipinski definition) is 2. The lowest BCUT2D eigenvalue weighted by Crippen LogP contribution is -2.44. The first kappa shape index (κ1) is 15.3. The van der Waals surface area contributed by atoms with Crippen LogP contribution in [-0.4, -0.2) is 25.3 Å². The Hall–Kier alpha value is -0.0800. The lowest BCUT2D eigenvalue weighted by molar-refractivity contribution is 0.0113. The molecule has 2 heteroatoms. The highest BCUT2D eigenvalue weighted by Crippen LogP contribution is 2.38. The van der Waals surface area contributed by atoms with E-state index in [2.05, 4.69) is 19.2 Å². The zero-order valence-electron chi connectivity index (χ0n) is 13.0. The number of ether oxygens (including phenoxy) is 1. The third kappa shape index (κ3) is 5.07. The van der Waals surface area contributed by atoms with Crippen molar-refractivity contribution < 1.29 is 4.74 Å². The standard InChI is InChI=1S/C17H33NO/c1-3-12-18-16(13-14-8-6-5-7-9-14)17(19-4-2)15-10-11-15/h14-18H,3-13H2,1-2H3. The number of nitrogens with one attached hydrogen (secondary N) is 1. The maximum atomic E-state index is 6.10. The number of hydrogen-bond donors (Lipinski definition) is 1. The molecule has 19 heavy (non-hydrogen) atoms. The summed E-state index contributed by atoms with van der Waals surface area (Å²) in [7, 11) is 0. The van der Waals surface area contributed by atoms with Gasteiger partial charge in [0.2, 0.25) is 0 Å². The fraction of sp³-hybridized carbons (Fsp3) is 1.00. The summed E-state index contributed by atoms with van der Waals surface area (Å²) >= 11 is 0. The van der Waals surface area contributed by atoms with Gasteiger partial charge in [0.05, 0.1) is 6.10 Å². The van der Waals surface area contributed by atoms with Gasteiger partial charge in [0.25, 0.3) is 0 Å². The molecule has 2 unspecified atom stereocenters. The molecule has 2 aliphatic rings. The van der Waals surface area contributed by atoms with E-state index in [4.69, 9.17) is 4.74 Å². The van der Waals surface area contributed by atoms with Gasteiger partial charge in [0, 0.05) is 12.6 Å². The van der Waals surface area contributed by atoms with Gasteiger partial charge in [0.15, 0.2) is 0 Å². The zero-order valence-corrected chi connectivity index (χ0v) is 13.0. The average molecular weight is 267 g/mol. The summed E-state index contributed by atoms with van der Waals surface area (Å²) in [5.41, 5.74) is 0. The van der Waals surface area contributed by atoms with Gasteiger partial charge in [-0.15, -0.1) is 0 Å². The molecule has 0 amide bonds. The van der Waals surface area contributed by atoms with Crippen molar-refractivity contribution in [3.05, 3.63) is 0 Å². The minimum absolute atomic E-state index is 0.485. The normalized spacial score (nSPS) is 24.3. The van der Waals surface area contributed by atoms with E-state index < -0.39 is 0 Å². The van der Waals surface area contributed by atoms with E-state index >= 15 is 0 Å². The van der Waals surface area contributed by atoms with Crippen LogP contribution in [-0.2, 0) is 4.74 Å². The van der Waals surface area contributed by atoms with E-state index in [0.29, 0.717) is 12.1 Å². The van der Waals surface area contributed by atoms with Crippen LogP contribution in [0.15, 0.2) is 0 Å². The highest BCUT2D eigenvalue weighted by molar-refractivity contribution is 4.91. The molecule has 2 saturated carbocycles. The van der Waals surface area contributed by atoms with Crippen LogP contribution in [0.4, 0.5) is 0 Å². The minimum atomic E-state index is 0.485. The molecule has 2 aliphatic carbocycles. The van der Waals surface area contributed by atoms with Crippen molar-refractivity contribution in [1.29, 1.82) is 0 Å². The second kappa shape index (κ2) is 8.26. The Morgan fingerprint density at radius 1 is 1.05 bits per heavy atom. The summed E-state index contributed by atoms with van der Waals surface area (Å²) in [6, 6.07) is 0.607. The van der Waals surface area contributed by atoms with Crippen LogP contribution in [0.5, 0.6) is 0 Å². The highest BCUT2D eigenvalue weighted by Gasteiger charge is 2.37. The van der Waals surface area contributed by atoms with E-state index in [1.807, 2.05) is 0 Å². The maximum Gasteiger partial charge on any atom is 0.0756 e. The third-order valence-electron chi connectivity index (χ3n) is 4.81. The molecular formula is C17H33NO. The van der Waals surface area contributed by atoms with Crippen LogP contribution in [0.1, 0.15) is 71.6 Å². The van der Waals surface area contributed by atoms with Crippen LogP contribution < -0.4 is 5.32 Å². The Balaban J connectivity index is 1.88. The van der Waals surface area contributed by atoms with Crippen molar-refractivity contribution in [3.63, 3.8) is 0 Å². The van der Waals surface area contributed by atoms with Crippen molar-refractivity contribution in [1.82, 2.24) is 5.32 Å². The monoisotopic (exact) mass is 267 g/mol. The highest BCUT2D eigenvalue weighted by atomic mass is 16.5. The maximum absolute atomic E-state index is 6.10. The Morgan fingerprint density at radius 2 is 1.79 bits per heavy atom. The Kier molecular flexibility index (Phi) is 6.66. The van der Waals surface area contributed by atoms with E-state index in [9.17, 15) is 0 Å². The van der Waals surface area contributed by atoms with Crippen molar-refractivity contribution in [2.45, 2.75) is 83.8 Å². The second-order valence-corrected chi connectivity index (χ2v) is 6.56. The van der Waals surface area contributed by atoms with E-state index in [-0.39, 0.29) is 0 Å². The summed E-state index contributed by atoms with van der Waals surface area (Å²) in [4.78, 5) is 0. The van der Waals surface area contributed by atoms with Gasteiger partial charge in [0.1, 0.15) is 0 Å². The first-order chi connectivity index (χ1) is 9.35. The molecule has 0 spiro atoms. The molecule has 0 aromatic rings. The molecule has 0 aromatic heterocycles. The lowest BCUT2D eigenvalue weighted by Gasteiger charge is -2.32. The molecule has 0 radical (unpaired) electrons. The molecule has 0 aromatic carbocycles. The van der Waals surface area contributed by atoms with Crippen LogP contribution in [0.3, 0.4) is 0 Å². The summed E-state index contributed by atoms with van der Waals surface area (Å²) in [5, 5.41) is 3.80. The second-order valence-electron chi connectivity index (χ2n) is 6.56. The summed E-state index contributed by atoms with van der Waals surface area (Å²) in [6.45, 7) is 6.42. The molecule has 0 aliphatic heterocycles.